The Morgan fingerprint density at radius 3 is 1.88 bits per heavy atom. The smallest absolute Gasteiger partial charge is 0.303 e. The summed E-state index contributed by atoms with van der Waals surface area (Å²) in [6.45, 7) is 8.34. The molecule has 0 fully saturated rings. The highest BCUT2D eigenvalue weighted by Gasteiger charge is 2.28. The summed E-state index contributed by atoms with van der Waals surface area (Å²) in [4.78, 5) is 10.4. The summed E-state index contributed by atoms with van der Waals surface area (Å²) in [5, 5.41) is 19.1. The van der Waals surface area contributed by atoms with E-state index in [-0.39, 0.29) is 6.42 Å². The summed E-state index contributed by atoms with van der Waals surface area (Å²) in [6.07, 6.45) is 2.81. The van der Waals surface area contributed by atoms with Gasteiger partial charge in [0.2, 0.25) is 0 Å². The van der Waals surface area contributed by atoms with Crippen molar-refractivity contribution in [2.24, 2.45) is 11.8 Å². The van der Waals surface area contributed by atoms with Crippen LogP contribution in [0, 0.1) is 11.8 Å². The van der Waals surface area contributed by atoms with Gasteiger partial charge in [-0.1, -0.05) is 27.7 Å². The molecule has 0 radical (unpaired) electrons. The Balaban J connectivity index is 4.23. The van der Waals surface area contributed by atoms with Gasteiger partial charge in [0.15, 0.2) is 0 Å². The Morgan fingerprint density at radius 1 is 1.12 bits per heavy atom. The van der Waals surface area contributed by atoms with Gasteiger partial charge in [0, 0.05) is 6.42 Å². The predicted molar refractivity (Wildman–Crippen MR) is 65.3 cm³/mol. The molecule has 0 aliphatic carbocycles. The standard InChI is InChI=1S/C13H26O3/c1-10(2)8-13(16,9-11(3)4)7-5-6-12(14)15/h10-11,16H,5-9H2,1-4H3,(H,14,15). The molecule has 3 heteroatoms. The van der Waals surface area contributed by atoms with Crippen LogP contribution in [0.1, 0.15) is 59.8 Å². The lowest BCUT2D eigenvalue weighted by atomic mass is 9.81. The molecule has 0 aromatic rings. The van der Waals surface area contributed by atoms with Gasteiger partial charge in [-0.25, -0.2) is 0 Å². The average Bonchev–Trinajstić information content (AvgIpc) is 1.98. The maximum absolute atomic E-state index is 10.5. The van der Waals surface area contributed by atoms with Crippen LogP contribution in [0.3, 0.4) is 0 Å². The van der Waals surface area contributed by atoms with E-state index in [1.807, 2.05) is 0 Å². The van der Waals surface area contributed by atoms with Gasteiger partial charge in [-0.15, -0.1) is 0 Å². The highest BCUT2D eigenvalue weighted by molar-refractivity contribution is 5.66. The maximum atomic E-state index is 10.5. The van der Waals surface area contributed by atoms with Crippen molar-refractivity contribution in [2.75, 3.05) is 0 Å². The molecule has 0 unspecified atom stereocenters. The lowest BCUT2D eigenvalue weighted by Crippen LogP contribution is -2.32. The van der Waals surface area contributed by atoms with E-state index in [9.17, 15) is 9.90 Å². The number of carbonyl (C=O) groups is 1. The van der Waals surface area contributed by atoms with Crippen LogP contribution in [0.15, 0.2) is 0 Å². The molecule has 0 saturated carbocycles. The first kappa shape index (κ1) is 15.4. The molecular weight excluding hydrogens is 204 g/mol. The van der Waals surface area contributed by atoms with E-state index in [1.165, 1.54) is 0 Å². The molecule has 0 atom stereocenters. The van der Waals surface area contributed by atoms with Crippen LogP contribution >= 0.6 is 0 Å². The van der Waals surface area contributed by atoms with Crippen LogP contribution in [0.2, 0.25) is 0 Å². The van der Waals surface area contributed by atoms with Gasteiger partial charge in [-0.2, -0.15) is 0 Å². The van der Waals surface area contributed by atoms with Crippen LogP contribution < -0.4 is 0 Å². The van der Waals surface area contributed by atoms with Crippen molar-refractivity contribution in [3.8, 4) is 0 Å². The van der Waals surface area contributed by atoms with E-state index in [0.29, 0.717) is 24.7 Å². The van der Waals surface area contributed by atoms with Crippen molar-refractivity contribution in [1.29, 1.82) is 0 Å². The van der Waals surface area contributed by atoms with Crippen LogP contribution in [0.25, 0.3) is 0 Å². The number of hydrogen-bond acceptors (Lipinski definition) is 2. The van der Waals surface area contributed by atoms with E-state index >= 15 is 0 Å². The second kappa shape index (κ2) is 6.89. The van der Waals surface area contributed by atoms with Crippen molar-refractivity contribution in [3.63, 3.8) is 0 Å². The average molecular weight is 230 g/mol. The zero-order valence-corrected chi connectivity index (χ0v) is 11.0. The third kappa shape index (κ3) is 7.69. The van der Waals surface area contributed by atoms with Crippen LogP contribution in [0.5, 0.6) is 0 Å². The van der Waals surface area contributed by atoms with E-state index in [0.717, 1.165) is 12.8 Å². The van der Waals surface area contributed by atoms with Crippen LogP contribution in [0.4, 0.5) is 0 Å². The molecule has 2 N–H and O–H groups in total. The first-order chi connectivity index (χ1) is 7.25. The molecule has 0 aliphatic rings. The van der Waals surface area contributed by atoms with Crippen molar-refractivity contribution >= 4 is 5.97 Å². The normalized spacial score (nSPS) is 12.4. The molecule has 0 amide bonds. The monoisotopic (exact) mass is 230 g/mol. The SMILES string of the molecule is CC(C)CC(O)(CCCC(=O)O)CC(C)C. The highest BCUT2D eigenvalue weighted by Crippen LogP contribution is 2.29. The lowest BCUT2D eigenvalue weighted by Gasteiger charge is -2.31. The molecule has 0 saturated heterocycles. The highest BCUT2D eigenvalue weighted by atomic mass is 16.4. The quantitative estimate of drug-likeness (QED) is 0.673. The minimum absolute atomic E-state index is 0.151. The number of carboxylic acid groups (broad SMARTS) is 1. The molecule has 0 aromatic heterocycles. The summed E-state index contributed by atoms with van der Waals surface area (Å²) in [7, 11) is 0. The Hall–Kier alpha value is -0.570. The molecule has 0 spiro atoms. The molecule has 0 heterocycles. The van der Waals surface area contributed by atoms with Crippen molar-refractivity contribution < 1.29 is 15.0 Å². The second-order valence-electron chi connectivity index (χ2n) is 5.67. The Bertz CT molecular complexity index is 199. The van der Waals surface area contributed by atoms with Crippen molar-refractivity contribution in [1.82, 2.24) is 0 Å². The first-order valence-corrected chi connectivity index (χ1v) is 6.19. The van der Waals surface area contributed by atoms with Gasteiger partial charge < -0.3 is 10.2 Å². The van der Waals surface area contributed by atoms with Gasteiger partial charge in [-0.3, -0.25) is 4.79 Å². The van der Waals surface area contributed by atoms with E-state index in [2.05, 4.69) is 27.7 Å². The maximum Gasteiger partial charge on any atom is 0.303 e. The van der Waals surface area contributed by atoms with Gasteiger partial charge in [0.1, 0.15) is 0 Å². The summed E-state index contributed by atoms with van der Waals surface area (Å²) in [5.74, 6) is 0.0959. The molecule has 0 rings (SSSR count). The molecule has 16 heavy (non-hydrogen) atoms. The van der Waals surface area contributed by atoms with Gasteiger partial charge in [0.25, 0.3) is 0 Å². The van der Waals surface area contributed by atoms with Crippen LogP contribution in [-0.2, 0) is 4.79 Å². The summed E-state index contributed by atoms with van der Waals surface area (Å²) < 4.78 is 0. The Labute approximate surface area is 98.9 Å². The molecule has 96 valence electrons. The summed E-state index contributed by atoms with van der Waals surface area (Å²) >= 11 is 0. The Kier molecular flexibility index (Phi) is 6.65. The van der Waals surface area contributed by atoms with Gasteiger partial charge in [0.05, 0.1) is 5.60 Å². The fourth-order valence-corrected chi connectivity index (χ4v) is 2.38. The predicted octanol–water partition coefficient (Wildman–Crippen LogP) is 3.06. The fraction of sp³-hybridized carbons (Fsp3) is 0.923. The molecule has 0 bridgehead atoms. The number of hydrogen-bond donors (Lipinski definition) is 2. The zero-order chi connectivity index (χ0) is 12.8. The number of aliphatic hydroxyl groups is 1. The summed E-state index contributed by atoms with van der Waals surface area (Å²) in [5.41, 5.74) is -0.683. The van der Waals surface area contributed by atoms with E-state index in [4.69, 9.17) is 5.11 Å². The third-order valence-corrected chi connectivity index (χ3v) is 2.61. The molecular formula is C13H26O3. The topological polar surface area (TPSA) is 57.5 Å². The zero-order valence-electron chi connectivity index (χ0n) is 11.0. The molecule has 3 nitrogen and oxygen atoms in total. The van der Waals surface area contributed by atoms with Crippen molar-refractivity contribution in [3.05, 3.63) is 0 Å². The van der Waals surface area contributed by atoms with Crippen LogP contribution in [-0.4, -0.2) is 21.8 Å². The first-order valence-electron chi connectivity index (χ1n) is 6.19. The largest absolute Gasteiger partial charge is 0.481 e. The van der Waals surface area contributed by atoms with Gasteiger partial charge in [-0.05, 0) is 37.5 Å². The molecule has 0 aromatic carbocycles. The second-order valence-corrected chi connectivity index (χ2v) is 5.67. The van der Waals surface area contributed by atoms with Crippen molar-refractivity contribution in [2.45, 2.75) is 65.4 Å². The number of rotatable bonds is 8. The minimum atomic E-state index is -0.781. The van der Waals surface area contributed by atoms with E-state index in [1.54, 1.807) is 0 Å². The van der Waals surface area contributed by atoms with E-state index < -0.39 is 11.6 Å². The summed E-state index contributed by atoms with van der Waals surface area (Å²) in [6, 6.07) is 0. The lowest BCUT2D eigenvalue weighted by molar-refractivity contribution is -0.137. The number of aliphatic carboxylic acids is 1. The number of carboxylic acids is 1. The van der Waals surface area contributed by atoms with Gasteiger partial charge >= 0.3 is 5.97 Å². The third-order valence-electron chi connectivity index (χ3n) is 2.61. The Morgan fingerprint density at radius 2 is 1.56 bits per heavy atom. The fourth-order valence-electron chi connectivity index (χ4n) is 2.38. The molecule has 0 aliphatic heterocycles. The minimum Gasteiger partial charge on any atom is -0.481 e.